The molecule has 126 valence electrons. The minimum atomic E-state index is 0.195. The van der Waals surface area contributed by atoms with Crippen LogP contribution in [0.15, 0.2) is 12.3 Å². The number of nitrogens with zero attached hydrogens (tertiary/aromatic N) is 3. The van der Waals surface area contributed by atoms with Gasteiger partial charge < -0.3 is 14.8 Å². The molecular formula is C17H26N4O2. The van der Waals surface area contributed by atoms with E-state index in [4.69, 9.17) is 14.5 Å². The van der Waals surface area contributed by atoms with E-state index >= 15 is 0 Å². The lowest BCUT2D eigenvalue weighted by molar-refractivity contribution is -0.0137. The second kappa shape index (κ2) is 7.11. The summed E-state index contributed by atoms with van der Waals surface area (Å²) in [7, 11) is 0. The Bertz CT molecular complexity index is 517. The molecule has 3 aliphatic rings. The van der Waals surface area contributed by atoms with Crippen LogP contribution in [0.3, 0.4) is 0 Å². The van der Waals surface area contributed by atoms with Gasteiger partial charge in [0.15, 0.2) is 0 Å². The molecule has 6 heteroatoms. The van der Waals surface area contributed by atoms with Crippen molar-refractivity contribution in [1.82, 2.24) is 14.9 Å². The van der Waals surface area contributed by atoms with Gasteiger partial charge in [0.25, 0.3) is 0 Å². The predicted octanol–water partition coefficient (Wildman–Crippen LogP) is 1.85. The molecule has 1 N–H and O–H groups in total. The maximum Gasteiger partial charge on any atom is 0.150 e. The Morgan fingerprint density at radius 3 is 2.83 bits per heavy atom. The van der Waals surface area contributed by atoms with Crippen molar-refractivity contribution in [1.29, 1.82) is 0 Å². The lowest BCUT2D eigenvalue weighted by atomic mass is 10.1. The van der Waals surface area contributed by atoms with E-state index in [1.807, 2.05) is 12.3 Å². The van der Waals surface area contributed by atoms with E-state index in [0.29, 0.717) is 12.6 Å². The van der Waals surface area contributed by atoms with Crippen molar-refractivity contribution in [2.75, 3.05) is 44.8 Å². The van der Waals surface area contributed by atoms with Crippen LogP contribution in [0.5, 0.6) is 0 Å². The van der Waals surface area contributed by atoms with Crippen LogP contribution >= 0.6 is 0 Å². The molecule has 1 atom stereocenters. The lowest BCUT2D eigenvalue weighted by Gasteiger charge is -2.34. The third kappa shape index (κ3) is 4.00. The molecule has 0 amide bonds. The molecule has 23 heavy (non-hydrogen) atoms. The summed E-state index contributed by atoms with van der Waals surface area (Å²) in [5.74, 6) is 2.69. The third-order valence-electron chi connectivity index (χ3n) is 4.97. The molecule has 1 saturated carbocycles. The molecule has 3 heterocycles. The standard InChI is InChI=1S/C17H26N4O2/c1-2-13(1)11-21-7-10-23-12-15(21)17-18-6-3-16(20-17)19-14-4-8-22-9-5-14/h3,6,13-15H,1-2,4-5,7-12H2,(H,18,19,20). The first-order chi connectivity index (χ1) is 11.4. The van der Waals surface area contributed by atoms with Crippen LogP contribution in [0, 0.1) is 5.92 Å². The average Bonchev–Trinajstić information content (AvgIpc) is 3.41. The predicted molar refractivity (Wildman–Crippen MR) is 87.4 cm³/mol. The van der Waals surface area contributed by atoms with Crippen molar-refractivity contribution >= 4 is 5.82 Å². The second-order valence-corrected chi connectivity index (χ2v) is 6.86. The average molecular weight is 318 g/mol. The van der Waals surface area contributed by atoms with Gasteiger partial charge in [-0.25, -0.2) is 9.97 Å². The molecule has 4 rings (SSSR count). The summed E-state index contributed by atoms with van der Waals surface area (Å²) in [6, 6.07) is 2.62. The first kappa shape index (κ1) is 15.3. The number of morpholine rings is 1. The number of anilines is 1. The maximum absolute atomic E-state index is 5.70. The van der Waals surface area contributed by atoms with Crippen LogP contribution in [0.25, 0.3) is 0 Å². The number of hydrogen-bond acceptors (Lipinski definition) is 6. The van der Waals surface area contributed by atoms with Crippen LogP contribution in [-0.4, -0.2) is 60.4 Å². The molecule has 3 fully saturated rings. The molecule has 0 aromatic carbocycles. The zero-order chi connectivity index (χ0) is 15.5. The molecule has 0 spiro atoms. The van der Waals surface area contributed by atoms with Crippen molar-refractivity contribution in [3.8, 4) is 0 Å². The van der Waals surface area contributed by atoms with Gasteiger partial charge >= 0.3 is 0 Å². The molecule has 0 radical (unpaired) electrons. The smallest absolute Gasteiger partial charge is 0.150 e. The van der Waals surface area contributed by atoms with Gasteiger partial charge in [-0.1, -0.05) is 0 Å². The Balaban J connectivity index is 1.45. The van der Waals surface area contributed by atoms with Crippen molar-refractivity contribution in [3.05, 3.63) is 18.1 Å². The first-order valence-corrected chi connectivity index (χ1v) is 8.87. The largest absolute Gasteiger partial charge is 0.381 e. The molecule has 1 unspecified atom stereocenters. The molecule has 6 nitrogen and oxygen atoms in total. The fourth-order valence-corrected chi connectivity index (χ4v) is 3.39. The molecular weight excluding hydrogens is 292 g/mol. The number of nitrogens with one attached hydrogen (secondary N) is 1. The van der Waals surface area contributed by atoms with Crippen LogP contribution in [0.4, 0.5) is 5.82 Å². The minimum Gasteiger partial charge on any atom is -0.381 e. The van der Waals surface area contributed by atoms with Crippen LogP contribution < -0.4 is 5.32 Å². The van der Waals surface area contributed by atoms with Crippen LogP contribution in [0.2, 0.25) is 0 Å². The highest BCUT2D eigenvalue weighted by atomic mass is 16.5. The first-order valence-electron chi connectivity index (χ1n) is 8.87. The Morgan fingerprint density at radius 1 is 1.13 bits per heavy atom. The Hall–Kier alpha value is -1.24. The summed E-state index contributed by atoms with van der Waals surface area (Å²) < 4.78 is 11.1. The van der Waals surface area contributed by atoms with E-state index in [1.165, 1.54) is 12.8 Å². The van der Waals surface area contributed by atoms with Gasteiger partial charge in [-0.2, -0.15) is 0 Å². The van der Waals surface area contributed by atoms with Gasteiger partial charge in [-0.15, -0.1) is 0 Å². The van der Waals surface area contributed by atoms with Gasteiger partial charge in [-0.05, 0) is 37.7 Å². The summed E-state index contributed by atoms with van der Waals surface area (Å²) in [4.78, 5) is 11.8. The normalized spacial score (nSPS) is 27.0. The maximum atomic E-state index is 5.70. The molecule has 1 aromatic rings. The van der Waals surface area contributed by atoms with E-state index in [9.17, 15) is 0 Å². The Morgan fingerprint density at radius 2 is 2.00 bits per heavy atom. The summed E-state index contributed by atoms with van der Waals surface area (Å²) >= 11 is 0. The van der Waals surface area contributed by atoms with Gasteiger partial charge in [0, 0.05) is 38.5 Å². The molecule has 1 aromatic heterocycles. The van der Waals surface area contributed by atoms with E-state index in [0.717, 1.165) is 63.3 Å². The lowest BCUT2D eigenvalue weighted by Crippen LogP contribution is -2.41. The summed E-state index contributed by atoms with van der Waals surface area (Å²) in [6.07, 6.45) is 6.69. The highest BCUT2D eigenvalue weighted by Crippen LogP contribution is 2.33. The molecule has 2 aliphatic heterocycles. The van der Waals surface area contributed by atoms with Crippen molar-refractivity contribution in [2.24, 2.45) is 5.92 Å². The Kier molecular flexibility index (Phi) is 4.73. The SMILES string of the molecule is c1cc(NC2CCOCC2)nc(C2COCCN2CC2CC2)n1. The quantitative estimate of drug-likeness (QED) is 0.894. The van der Waals surface area contributed by atoms with Gasteiger partial charge in [0.2, 0.25) is 0 Å². The van der Waals surface area contributed by atoms with Crippen molar-refractivity contribution < 1.29 is 9.47 Å². The van der Waals surface area contributed by atoms with E-state index in [2.05, 4.69) is 15.2 Å². The number of aromatic nitrogens is 2. The van der Waals surface area contributed by atoms with Gasteiger partial charge in [0.1, 0.15) is 11.6 Å². The zero-order valence-electron chi connectivity index (χ0n) is 13.6. The van der Waals surface area contributed by atoms with Crippen molar-refractivity contribution in [3.63, 3.8) is 0 Å². The fourth-order valence-electron chi connectivity index (χ4n) is 3.39. The molecule has 2 saturated heterocycles. The monoisotopic (exact) mass is 318 g/mol. The number of hydrogen-bond donors (Lipinski definition) is 1. The molecule has 0 bridgehead atoms. The topological polar surface area (TPSA) is 59.5 Å². The summed E-state index contributed by atoms with van der Waals surface area (Å²) in [5.41, 5.74) is 0. The third-order valence-corrected chi connectivity index (χ3v) is 4.97. The van der Waals surface area contributed by atoms with Crippen LogP contribution in [0.1, 0.15) is 37.5 Å². The summed E-state index contributed by atoms with van der Waals surface area (Å²) in [6.45, 7) is 5.34. The van der Waals surface area contributed by atoms with E-state index in [-0.39, 0.29) is 6.04 Å². The van der Waals surface area contributed by atoms with Crippen LogP contribution in [-0.2, 0) is 9.47 Å². The highest BCUT2D eigenvalue weighted by molar-refractivity contribution is 5.34. The number of rotatable bonds is 5. The molecule has 1 aliphatic carbocycles. The Labute approximate surface area is 137 Å². The van der Waals surface area contributed by atoms with Gasteiger partial charge in [0.05, 0.1) is 19.3 Å². The summed E-state index contributed by atoms with van der Waals surface area (Å²) in [5, 5.41) is 3.54. The van der Waals surface area contributed by atoms with Crippen molar-refractivity contribution in [2.45, 2.75) is 37.8 Å². The number of ether oxygens (including phenoxy) is 2. The van der Waals surface area contributed by atoms with E-state index < -0.39 is 0 Å². The minimum absolute atomic E-state index is 0.195. The zero-order valence-corrected chi connectivity index (χ0v) is 13.6. The van der Waals surface area contributed by atoms with Gasteiger partial charge in [-0.3, -0.25) is 4.90 Å². The van der Waals surface area contributed by atoms with E-state index in [1.54, 1.807) is 0 Å². The fraction of sp³-hybridized carbons (Fsp3) is 0.765. The highest BCUT2D eigenvalue weighted by Gasteiger charge is 2.32. The second-order valence-electron chi connectivity index (χ2n) is 6.86.